The number of urea groups is 1. The number of amides is 2. The van der Waals surface area contributed by atoms with E-state index in [2.05, 4.69) is 5.32 Å². The highest BCUT2D eigenvalue weighted by Crippen LogP contribution is 2.28. The van der Waals surface area contributed by atoms with Crippen LogP contribution in [0.15, 0.2) is 71.6 Å². The summed E-state index contributed by atoms with van der Waals surface area (Å²) in [6, 6.07) is 13.8. The van der Waals surface area contributed by atoms with E-state index in [0.29, 0.717) is 16.1 Å². The Hall–Kier alpha value is -3.17. The minimum atomic E-state index is -4.28. The maximum absolute atomic E-state index is 13.4. The number of rotatable bonds is 7. The molecule has 0 aliphatic rings. The highest BCUT2D eigenvalue weighted by Gasteiger charge is 2.24. The Balaban J connectivity index is 1.94. The van der Waals surface area contributed by atoms with Crippen molar-refractivity contribution in [3.05, 3.63) is 94.5 Å². The van der Waals surface area contributed by atoms with Crippen molar-refractivity contribution in [3.63, 3.8) is 0 Å². The highest BCUT2D eigenvalue weighted by molar-refractivity contribution is 7.87. The number of carbonyl (C=O) groups is 1. The molecule has 186 valence electrons. The smallest absolute Gasteiger partial charge is 0.339 e. The third kappa shape index (κ3) is 7.66. The van der Waals surface area contributed by atoms with E-state index in [1.165, 1.54) is 35.2 Å². The molecule has 0 radical (unpaired) electrons. The molecular formula is C25H25ClF2N2O4S. The number of halogens is 3. The maximum Gasteiger partial charge on any atom is 0.339 e. The average Bonchev–Trinajstić information content (AvgIpc) is 2.75. The summed E-state index contributed by atoms with van der Waals surface area (Å²) in [5.74, 6) is -1.03. The van der Waals surface area contributed by atoms with Gasteiger partial charge in [-0.25, -0.2) is 13.6 Å². The van der Waals surface area contributed by atoms with Gasteiger partial charge in [0.05, 0.1) is 6.54 Å². The molecule has 0 spiro atoms. The Labute approximate surface area is 208 Å². The molecule has 0 aromatic heterocycles. The summed E-state index contributed by atoms with van der Waals surface area (Å²) in [5, 5.41) is 3.18. The lowest BCUT2D eigenvalue weighted by atomic mass is 10.1. The first-order valence-corrected chi connectivity index (χ1v) is 12.4. The average molecular weight is 523 g/mol. The number of nitrogens with one attached hydrogen (secondary N) is 1. The lowest BCUT2D eigenvalue weighted by molar-refractivity contribution is 0.183. The van der Waals surface area contributed by atoms with Gasteiger partial charge in [-0.15, -0.1) is 0 Å². The first kappa shape index (κ1) is 26.4. The lowest BCUT2D eigenvalue weighted by Gasteiger charge is -2.29. The van der Waals surface area contributed by atoms with E-state index in [4.69, 9.17) is 15.8 Å². The molecule has 10 heteroatoms. The molecule has 0 heterocycles. The fourth-order valence-electron chi connectivity index (χ4n) is 3.14. The topological polar surface area (TPSA) is 75.7 Å². The normalized spacial score (nSPS) is 11.7. The van der Waals surface area contributed by atoms with Gasteiger partial charge in [0.1, 0.15) is 22.3 Å². The summed E-state index contributed by atoms with van der Waals surface area (Å²) in [4.78, 5) is 14.3. The Morgan fingerprint density at radius 1 is 0.943 bits per heavy atom. The van der Waals surface area contributed by atoms with E-state index in [1.807, 2.05) is 20.8 Å². The quantitative estimate of drug-likeness (QED) is 0.392. The van der Waals surface area contributed by atoms with Crippen LogP contribution in [-0.4, -0.2) is 24.9 Å². The molecular weight excluding hydrogens is 498 g/mol. The molecule has 0 bridgehead atoms. The predicted octanol–water partition coefficient (Wildman–Crippen LogP) is 5.90. The molecule has 0 aliphatic carbocycles. The largest absolute Gasteiger partial charge is 0.379 e. The third-order valence-corrected chi connectivity index (χ3v) is 6.22. The summed E-state index contributed by atoms with van der Waals surface area (Å²) in [6.45, 7) is 5.52. The minimum absolute atomic E-state index is 0.0358. The molecule has 6 nitrogen and oxygen atoms in total. The van der Waals surface area contributed by atoms with Crippen molar-refractivity contribution in [1.82, 2.24) is 10.2 Å². The molecule has 0 atom stereocenters. The van der Waals surface area contributed by atoms with Crippen LogP contribution in [0, 0.1) is 11.6 Å². The van der Waals surface area contributed by atoms with Gasteiger partial charge in [0.15, 0.2) is 0 Å². The van der Waals surface area contributed by atoms with Gasteiger partial charge >= 0.3 is 16.1 Å². The molecule has 3 aromatic rings. The van der Waals surface area contributed by atoms with E-state index in [-0.39, 0.29) is 23.7 Å². The van der Waals surface area contributed by atoms with Gasteiger partial charge in [-0.1, -0.05) is 23.7 Å². The Bertz CT molecular complexity index is 1290. The predicted molar refractivity (Wildman–Crippen MR) is 130 cm³/mol. The summed E-state index contributed by atoms with van der Waals surface area (Å²) < 4.78 is 57.5. The zero-order chi connectivity index (χ0) is 25.8. The van der Waals surface area contributed by atoms with Gasteiger partial charge in [0, 0.05) is 22.7 Å². The third-order valence-electron chi connectivity index (χ3n) is 4.74. The maximum atomic E-state index is 13.4. The number of hydrogen-bond acceptors (Lipinski definition) is 4. The summed E-state index contributed by atoms with van der Waals surface area (Å²) in [5.41, 5.74) is 0.450. The number of carbonyl (C=O) groups excluding carboxylic acids is 1. The van der Waals surface area contributed by atoms with Crippen molar-refractivity contribution in [2.75, 3.05) is 0 Å². The summed E-state index contributed by atoms with van der Waals surface area (Å²) in [7, 11) is -4.28. The van der Waals surface area contributed by atoms with Crippen molar-refractivity contribution < 1.29 is 26.2 Å². The number of nitrogens with zero attached hydrogens (tertiary/aromatic N) is 1. The fourth-order valence-corrected chi connectivity index (χ4v) is 4.29. The van der Waals surface area contributed by atoms with Crippen LogP contribution in [0.2, 0.25) is 5.02 Å². The van der Waals surface area contributed by atoms with E-state index in [9.17, 15) is 22.0 Å². The molecule has 35 heavy (non-hydrogen) atoms. The molecule has 1 N–H and O–H groups in total. The van der Waals surface area contributed by atoms with Crippen molar-refractivity contribution in [1.29, 1.82) is 0 Å². The van der Waals surface area contributed by atoms with Crippen molar-refractivity contribution in [2.24, 2.45) is 0 Å². The Morgan fingerprint density at radius 2 is 1.51 bits per heavy atom. The van der Waals surface area contributed by atoms with Crippen LogP contribution in [0.5, 0.6) is 5.75 Å². The van der Waals surface area contributed by atoms with Crippen molar-refractivity contribution in [2.45, 2.75) is 44.3 Å². The molecule has 0 fully saturated rings. The van der Waals surface area contributed by atoms with Gasteiger partial charge in [-0.05, 0) is 80.9 Å². The molecule has 3 aromatic carbocycles. The molecule has 3 rings (SSSR count). The fraction of sp³-hybridized carbons (Fsp3) is 0.240. The van der Waals surface area contributed by atoms with E-state index >= 15 is 0 Å². The summed E-state index contributed by atoms with van der Waals surface area (Å²) >= 11 is 6.16. The molecule has 0 saturated heterocycles. The van der Waals surface area contributed by atoms with E-state index in [0.717, 1.165) is 24.3 Å². The second kappa shape index (κ2) is 10.6. The van der Waals surface area contributed by atoms with Crippen molar-refractivity contribution in [3.8, 4) is 5.75 Å². The van der Waals surface area contributed by atoms with Crippen LogP contribution in [0.1, 0.15) is 31.9 Å². The van der Waals surface area contributed by atoms with Crippen LogP contribution in [0.4, 0.5) is 13.6 Å². The van der Waals surface area contributed by atoms with Gasteiger partial charge in [-0.2, -0.15) is 8.42 Å². The van der Waals surface area contributed by atoms with Crippen LogP contribution < -0.4 is 9.50 Å². The zero-order valence-corrected chi connectivity index (χ0v) is 21.0. The zero-order valence-electron chi connectivity index (χ0n) is 19.4. The van der Waals surface area contributed by atoms with Crippen LogP contribution in [0.3, 0.4) is 0 Å². The van der Waals surface area contributed by atoms with Gasteiger partial charge in [0.25, 0.3) is 0 Å². The number of benzene rings is 3. The highest BCUT2D eigenvalue weighted by atomic mass is 35.5. The van der Waals surface area contributed by atoms with Crippen LogP contribution in [-0.2, 0) is 23.2 Å². The molecule has 0 unspecified atom stereocenters. The van der Waals surface area contributed by atoms with E-state index < -0.39 is 33.3 Å². The monoisotopic (exact) mass is 522 g/mol. The van der Waals surface area contributed by atoms with Crippen molar-refractivity contribution >= 4 is 27.8 Å². The summed E-state index contributed by atoms with van der Waals surface area (Å²) in [6.07, 6.45) is 0. The van der Waals surface area contributed by atoms with E-state index in [1.54, 1.807) is 12.1 Å². The SMILES string of the molecule is CC(C)(C)NC(=O)N(Cc1ccc(F)cc1)Cc1cc(Cl)ccc1OS(=O)(=O)c1ccc(F)cc1. The molecule has 0 aliphatic heterocycles. The van der Waals surface area contributed by atoms with Crippen LogP contribution >= 0.6 is 11.6 Å². The van der Waals surface area contributed by atoms with Gasteiger partial charge in [0.2, 0.25) is 0 Å². The second-order valence-corrected chi connectivity index (χ2v) is 10.9. The first-order valence-electron chi connectivity index (χ1n) is 10.6. The van der Waals surface area contributed by atoms with Gasteiger partial charge < -0.3 is 14.4 Å². The second-order valence-electron chi connectivity index (χ2n) is 8.91. The van der Waals surface area contributed by atoms with Gasteiger partial charge in [-0.3, -0.25) is 0 Å². The molecule has 2 amide bonds. The number of hydrogen-bond donors (Lipinski definition) is 1. The lowest BCUT2D eigenvalue weighted by Crippen LogP contribution is -2.48. The standard InChI is InChI=1S/C25H25ClF2N2O4S/c1-25(2,3)29-24(31)30(15-17-4-7-20(27)8-5-17)16-18-14-19(26)6-13-23(18)34-35(32,33)22-11-9-21(28)10-12-22/h4-14H,15-16H2,1-3H3,(H,29,31). The minimum Gasteiger partial charge on any atom is -0.379 e. The molecule has 0 saturated carbocycles. The first-order chi connectivity index (χ1) is 16.3. The Kier molecular flexibility index (Phi) is 8.02. The Morgan fingerprint density at radius 3 is 2.09 bits per heavy atom. The van der Waals surface area contributed by atoms with Crippen LogP contribution in [0.25, 0.3) is 0 Å².